The summed E-state index contributed by atoms with van der Waals surface area (Å²) < 4.78 is 27.9. The number of piperidine rings is 1. The van der Waals surface area contributed by atoms with Crippen LogP contribution in [0.2, 0.25) is 0 Å². The predicted molar refractivity (Wildman–Crippen MR) is 132 cm³/mol. The van der Waals surface area contributed by atoms with Gasteiger partial charge in [-0.15, -0.1) is 0 Å². The molecule has 176 valence electrons. The maximum Gasteiger partial charge on any atom is 0.218 e. The van der Waals surface area contributed by atoms with Gasteiger partial charge in [-0.05, 0) is 61.8 Å². The number of sulfonamides is 1. The lowest BCUT2D eigenvalue weighted by Gasteiger charge is -2.38. The molecule has 3 rings (SSSR count). The van der Waals surface area contributed by atoms with Crippen molar-refractivity contribution in [2.45, 2.75) is 58.4 Å². The minimum absolute atomic E-state index is 0.0226. The van der Waals surface area contributed by atoms with E-state index in [-0.39, 0.29) is 11.7 Å². The van der Waals surface area contributed by atoms with Gasteiger partial charge in [0, 0.05) is 31.9 Å². The summed E-state index contributed by atoms with van der Waals surface area (Å²) in [4.78, 5) is 2.35. The molecule has 1 heterocycles. The second-order valence-electron chi connectivity index (χ2n) is 10.0. The Hall–Kier alpha value is -1.89. The second kappa shape index (κ2) is 10.4. The van der Waals surface area contributed by atoms with Crippen molar-refractivity contribution >= 4 is 15.7 Å². The van der Waals surface area contributed by atoms with Crippen molar-refractivity contribution in [2.75, 3.05) is 24.5 Å². The molecule has 6 heteroatoms. The zero-order valence-electron chi connectivity index (χ0n) is 19.9. The highest BCUT2D eigenvalue weighted by Gasteiger charge is 2.30. The lowest BCUT2D eigenvalue weighted by Crippen LogP contribution is -2.41. The van der Waals surface area contributed by atoms with Crippen LogP contribution in [-0.2, 0) is 22.3 Å². The van der Waals surface area contributed by atoms with E-state index in [1.807, 2.05) is 70.2 Å². The monoisotopic (exact) mass is 458 g/mol. The number of hydrogen-bond acceptors (Lipinski definition) is 4. The molecule has 0 radical (unpaired) electrons. The summed E-state index contributed by atoms with van der Waals surface area (Å²) in [7, 11) is -3.42. The molecular formula is C26H38N2O3S. The van der Waals surface area contributed by atoms with E-state index in [1.165, 1.54) is 0 Å². The van der Waals surface area contributed by atoms with Gasteiger partial charge in [-0.1, -0.05) is 56.3 Å². The van der Waals surface area contributed by atoms with E-state index in [9.17, 15) is 13.5 Å². The van der Waals surface area contributed by atoms with E-state index < -0.39 is 15.6 Å². The molecule has 0 bridgehead atoms. The maximum atomic E-state index is 13.2. The van der Waals surface area contributed by atoms with Gasteiger partial charge in [-0.3, -0.25) is 0 Å². The first kappa shape index (κ1) is 24.7. The minimum atomic E-state index is -3.42. The molecule has 1 aliphatic rings. The van der Waals surface area contributed by atoms with E-state index in [0.717, 1.165) is 42.7 Å². The van der Waals surface area contributed by atoms with Crippen LogP contribution in [0.15, 0.2) is 54.6 Å². The zero-order chi connectivity index (χ0) is 23.4. The van der Waals surface area contributed by atoms with Crippen LogP contribution in [0, 0.1) is 11.8 Å². The lowest BCUT2D eigenvalue weighted by molar-refractivity contribution is 0.00651. The Morgan fingerprint density at radius 3 is 2.12 bits per heavy atom. The molecule has 5 nitrogen and oxygen atoms in total. The van der Waals surface area contributed by atoms with Crippen molar-refractivity contribution in [3.63, 3.8) is 0 Å². The van der Waals surface area contributed by atoms with Gasteiger partial charge < -0.3 is 10.0 Å². The van der Waals surface area contributed by atoms with Crippen LogP contribution >= 0.6 is 0 Å². The van der Waals surface area contributed by atoms with Crippen LogP contribution in [0.5, 0.6) is 0 Å². The molecule has 2 aromatic rings. The Morgan fingerprint density at radius 1 is 1.00 bits per heavy atom. The molecule has 1 fully saturated rings. The van der Waals surface area contributed by atoms with Crippen LogP contribution in [0.1, 0.15) is 51.7 Å². The van der Waals surface area contributed by atoms with Gasteiger partial charge in [-0.25, -0.2) is 8.42 Å². The first-order valence-corrected chi connectivity index (χ1v) is 13.2. The Morgan fingerprint density at radius 2 is 1.59 bits per heavy atom. The number of benzene rings is 2. The van der Waals surface area contributed by atoms with Crippen molar-refractivity contribution in [3.8, 4) is 0 Å². The standard InChI is InChI=1S/C26H38N2O3S/c1-21(2)18-28(32(30,31)20-23-8-6-5-7-9-23)19-22-10-12-25(13-11-22)27-16-14-24(15-17-27)26(3,4)29/h5-13,21,24,29H,14-20H2,1-4H3. The summed E-state index contributed by atoms with van der Waals surface area (Å²) in [6, 6.07) is 17.7. The molecule has 0 aromatic heterocycles. The fraction of sp³-hybridized carbons (Fsp3) is 0.538. The molecular weight excluding hydrogens is 420 g/mol. The van der Waals surface area contributed by atoms with Crippen LogP contribution in [0.4, 0.5) is 5.69 Å². The van der Waals surface area contributed by atoms with E-state index in [0.29, 0.717) is 19.0 Å². The van der Waals surface area contributed by atoms with E-state index in [1.54, 1.807) is 4.31 Å². The zero-order valence-corrected chi connectivity index (χ0v) is 20.7. The molecule has 0 aliphatic carbocycles. The summed E-state index contributed by atoms with van der Waals surface area (Å²) >= 11 is 0. The van der Waals surface area contributed by atoms with E-state index in [4.69, 9.17) is 0 Å². The van der Waals surface area contributed by atoms with Crippen molar-refractivity contribution in [1.82, 2.24) is 4.31 Å². The molecule has 1 saturated heterocycles. The number of rotatable bonds is 9. The van der Waals surface area contributed by atoms with Crippen molar-refractivity contribution in [3.05, 3.63) is 65.7 Å². The summed E-state index contributed by atoms with van der Waals surface area (Å²) in [5.74, 6) is 0.601. The Bertz CT molecular complexity index is 943. The smallest absolute Gasteiger partial charge is 0.218 e. The van der Waals surface area contributed by atoms with Gasteiger partial charge >= 0.3 is 0 Å². The van der Waals surface area contributed by atoms with Crippen molar-refractivity contribution in [1.29, 1.82) is 0 Å². The summed E-state index contributed by atoms with van der Waals surface area (Å²) in [6.45, 7) is 10.6. The third-order valence-corrected chi connectivity index (χ3v) is 8.07. The van der Waals surface area contributed by atoms with Gasteiger partial charge in [-0.2, -0.15) is 4.31 Å². The average Bonchev–Trinajstić information content (AvgIpc) is 2.73. The Labute approximate surface area is 194 Å². The summed E-state index contributed by atoms with van der Waals surface area (Å²) in [5.41, 5.74) is 2.34. The third kappa shape index (κ3) is 6.80. The van der Waals surface area contributed by atoms with Crippen LogP contribution in [0.3, 0.4) is 0 Å². The Balaban J connectivity index is 1.67. The van der Waals surface area contributed by atoms with Gasteiger partial charge in [0.1, 0.15) is 0 Å². The highest BCUT2D eigenvalue weighted by atomic mass is 32.2. The minimum Gasteiger partial charge on any atom is -0.390 e. The summed E-state index contributed by atoms with van der Waals surface area (Å²) in [6.07, 6.45) is 1.95. The molecule has 32 heavy (non-hydrogen) atoms. The van der Waals surface area contributed by atoms with Crippen LogP contribution in [0.25, 0.3) is 0 Å². The van der Waals surface area contributed by atoms with E-state index >= 15 is 0 Å². The van der Waals surface area contributed by atoms with E-state index in [2.05, 4.69) is 17.0 Å². The van der Waals surface area contributed by atoms with Crippen LogP contribution < -0.4 is 4.90 Å². The molecule has 1 aliphatic heterocycles. The highest BCUT2D eigenvalue weighted by molar-refractivity contribution is 7.88. The number of nitrogens with zero attached hydrogens (tertiary/aromatic N) is 2. The Kier molecular flexibility index (Phi) is 8.01. The lowest BCUT2D eigenvalue weighted by atomic mass is 9.83. The van der Waals surface area contributed by atoms with Gasteiger partial charge in [0.25, 0.3) is 0 Å². The number of hydrogen-bond donors (Lipinski definition) is 1. The SMILES string of the molecule is CC(C)CN(Cc1ccc(N2CCC(C(C)(C)O)CC2)cc1)S(=O)(=O)Cc1ccccc1. The van der Waals surface area contributed by atoms with Crippen LogP contribution in [-0.4, -0.2) is 43.1 Å². The molecule has 2 aromatic carbocycles. The van der Waals surface area contributed by atoms with Gasteiger partial charge in [0.2, 0.25) is 10.0 Å². The largest absolute Gasteiger partial charge is 0.390 e. The van der Waals surface area contributed by atoms with Crippen molar-refractivity contribution in [2.24, 2.45) is 11.8 Å². The summed E-state index contributed by atoms with van der Waals surface area (Å²) in [5, 5.41) is 10.3. The predicted octanol–water partition coefficient (Wildman–Crippen LogP) is 4.66. The average molecular weight is 459 g/mol. The quantitative estimate of drug-likeness (QED) is 0.594. The second-order valence-corrected chi connectivity index (χ2v) is 12.0. The molecule has 0 spiro atoms. The van der Waals surface area contributed by atoms with Gasteiger partial charge in [0.15, 0.2) is 0 Å². The molecule has 0 saturated carbocycles. The first-order valence-electron chi connectivity index (χ1n) is 11.6. The highest BCUT2D eigenvalue weighted by Crippen LogP contribution is 2.30. The number of aliphatic hydroxyl groups is 1. The van der Waals surface area contributed by atoms with Gasteiger partial charge in [0.05, 0.1) is 11.4 Å². The fourth-order valence-electron chi connectivity index (χ4n) is 4.42. The molecule has 0 amide bonds. The topological polar surface area (TPSA) is 60.9 Å². The maximum absolute atomic E-state index is 13.2. The molecule has 1 N–H and O–H groups in total. The van der Waals surface area contributed by atoms with Crippen molar-refractivity contribution < 1.29 is 13.5 Å². The fourth-order valence-corrected chi connectivity index (χ4v) is 6.09. The molecule has 0 unspecified atom stereocenters. The third-order valence-electron chi connectivity index (χ3n) is 6.31. The normalized spacial score (nSPS) is 16.2. The first-order chi connectivity index (χ1) is 15.0. The molecule has 0 atom stereocenters. The number of anilines is 1.